The van der Waals surface area contributed by atoms with Crippen LogP contribution in [0.15, 0.2) is 42.7 Å². The smallest absolute Gasteiger partial charge is 0.106 e. The van der Waals surface area contributed by atoms with E-state index in [1.165, 1.54) is 0 Å². The number of hydrogen-bond donors (Lipinski definition) is 1. The fourth-order valence-corrected chi connectivity index (χ4v) is 2.28. The van der Waals surface area contributed by atoms with E-state index in [0.717, 1.165) is 21.8 Å². The summed E-state index contributed by atoms with van der Waals surface area (Å²) in [6.07, 6.45) is 3.45. The van der Waals surface area contributed by atoms with Crippen molar-refractivity contribution in [1.29, 1.82) is 0 Å². The molecule has 0 aliphatic rings. The zero-order valence-electron chi connectivity index (χ0n) is 10.5. The van der Waals surface area contributed by atoms with Crippen LogP contribution in [0.4, 0.5) is 5.69 Å². The van der Waals surface area contributed by atoms with Crippen LogP contribution in [0.1, 0.15) is 11.1 Å². The SMILES string of the molecule is CN(Cc1cccc(Cl)c1)c1cnccc1C(N)=S. The van der Waals surface area contributed by atoms with Crippen molar-refractivity contribution in [3.8, 4) is 0 Å². The molecule has 0 aliphatic carbocycles. The lowest BCUT2D eigenvalue weighted by Crippen LogP contribution is -2.21. The van der Waals surface area contributed by atoms with Crippen molar-refractivity contribution in [2.75, 3.05) is 11.9 Å². The first kappa shape index (κ1) is 13.8. The van der Waals surface area contributed by atoms with Gasteiger partial charge in [0.2, 0.25) is 0 Å². The van der Waals surface area contributed by atoms with E-state index in [1.54, 1.807) is 12.4 Å². The Balaban J connectivity index is 2.25. The van der Waals surface area contributed by atoms with Crippen molar-refractivity contribution in [1.82, 2.24) is 4.98 Å². The molecule has 0 unspecified atom stereocenters. The van der Waals surface area contributed by atoms with Crippen molar-refractivity contribution >= 4 is 34.5 Å². The van der Waals surface area contributed by atoms with Gasteiger partial charge in [-0.3, -0.25) is 4.98 Å². The van der Waals surface area contributed by atoms with E-state index in [0.29, 0.717) is 11.5 Å². The van der Waals surface area contributed by atoms with E-state index < -0.39 is 0 Å². The summed E-state index contributed by atoms with van der Waals surface area (Å²) in [5.74, 6) is 0. The molecule has 1 heterocycles. The molecule has 0 atom stereocenters. The Morgan fingerprint density at radius 1 is 1.42 bits per heavy atom. The van der Waals surface area contributed by atoms with Crippen molar-refractivity contribution in [2.24, 2.45) is 5.73 Å². The van der Waals surface area contributed by atoms with Crippen LogP contribution in [0.2, 0.25) is 5.02 Å². The number of hydrogen-bond acceptors (Lipinski definition) is 3. The largest absolute Gasteiger partial charge is 0.389 e. The molecule has 1 aromatic carbocycles. The third-order valence-corrected chi connectivity index (χ3v) is 3.24. The normalized spacial score (nSPS) is 10.2. The molecule has 0 spiro atoms. The molecule has 2 rings (SSSR count). The highest BCUT2D eigenvalue weighted by Crippen LogP contribution is 2.20. The molecule has 2 N–H and O–H groups in total. The minimum Gasteiger partial charge on any atom is -0.389 e. The highest BCUT2D eigenvalue weighted by molar-refractivity contribution is 7.80. The Bertz CT molecular complexity index is 601. The average Bonchev–Trinajstić information content (AvgIpc) is 2.38. The fourth-order valence-electron chi connectivity index (χ4n) is 1.89. The molecule has 0 saturated heterocycles. The van der Waals surface area contributed by atoms with Crippen LogP contribution in [0.25, 0.3) is 0 Å². The van der Waals surface area contributed by atoms with E-state index >= 15 is 0 Å². The summed E-state index contributed by atoms with van der Waals surface area (Å²) in [5.41, 5.74) is 8.58. The highest BCUT2D eigenvalue weighted by Gasteiger charge is 2.10. The van der Waals surface area contributed by atoms with Crippen LogP contribution in [0.5, 0.6) is 0 Å². The van der Waals surface area contributed by atoms with E-state index in [1.807, 2.05) is 42.3 Å². The molecule has 0 bridgehead atoms. The van der Waals surface area contributed by atoms with Crippen LogP contribution >= 0.6 is 23.8 Å². The zero-order valence-corrected chi connectivity index (χ0v) is 12.1. The fraction of sp³-hybridized carbons (Fsp3) is 0.143. The molecule has 1 aromatic heterocycles. The summed E-state index contributed by atoms with van der Waals surface area (Å²) in [7, 11) is 1.97. The molecule has 0 radical (unpaired) electrons. The number of halogens is 1. The molecular formula is C14H14ClN3S. The second-order valence-corrected chi connectivity index (χ2v) is 5.12. The van der Waals surface area contributed by atoms with Gasteiger partial charge in [0.15, 0.2) is 0 Å². The molecule has 0 aliphatic heterocycles. The zero-order chi connectivity index (χ0) is 13.8. The average molecular weight is 292 g/mol. The quantitative estimate of drug-likeness (QED) is 0.880. The van der Waals surface area contributed by atoms with E-state index in [4.69, 9.17) is 29.6 Å². The van der Waals surface area contributed by atoms with Crippen LogP contribution < -0.4 is 10.6 Å². The summed E-state index contributed by atoms with van der Waals surface area (Å²) in [6, 6.07) is 9.58. The van der Waals surface area contributed by atoms with Gasteiger partial charge in [-0.15, -0.1) is 0 Å². The van der Waals surface area contributed by atoms with Gasteiger partial charge in [0.25, 0.3) is 0 Å². The maximum Gasteiger partial charge on any atom is 0.106 e. The van der Waals surface area contributed by atoms with E-state index in [9.17, 15) is 0 Å². The van der Waals surface area contributed by atoms with E-state index in [2.05, 4.69) is 4.98 Å². The van der Waals surface area contributed by atoms with Crippen LogP contribution in [-0.4, -0.2) is 17.0 Å². The molecule has 2 aromatic rings. The second-order valence-electron chi connectivity index (χ2n) is 4.24. The van der Waals surface area contributed by atoms with Crippen LogP contribution in [-0.2, 0) is 6.54 Å². The van der Waals surface area contributed by atoms with Gasteiger partial charge in [0.05, 0.1) is 11.9 Å². The predicted octanol–water partition coefficient (Wildman–Crippen LogP) is 3.01. The molecule has 98 valence electrons. The topological polar surface area (TPSA) is 42.2 Å². The molecule has 19 heavy (non-hydrogen) atoms. The summed E-state index contributed by atoms with van der Waals surface area (Å²) < 4.78 is 0. The minimum absolute atomic E-state index is 0.371. The number of pyridine rings is 1. The summed E-state index contributed by atoms with van der Waals surface area (Å²) in [4.78, 5) is 6.54. The molecule has 5 heteroatoms. The van der Waals surface area contributed by atoms with Gasteiger partial charge in [-0.2, -0.15) is 0 Å². The molecule has 0 fully saturated rings. The predicted molar refractivity (Wildman–Crippen MR) is 83.7 cm³/mol. The lowest BCUT2D eigenvalue weighted by atomic mass is 10.1. The first-order valence-electron chi connectivity index (χ1n) is 5.77. The van der Waals surface area contributed by atoms with Crippen molar-refractivity contribution in [3.05, 3.63) is 58.9 Å². The number of rotatable bonds is 4. The Morgan fingerprint density at radius 2 is 2.21 bits per heavy atom. The maximum atomic E-state index is 5.98. The molecular weight excluding hydrogens is 278 g/mol. The molecule has 3 nitrogen and oxygen atoms in total. The molecule has 0 amide bonds. The maximum absolute atomic E-state index is 5.98. The van der Waals surface area contributed by atoms with E-state index in [-0.39, 0.29) is 0 Å². The number of benzene rings is 1. The Kier molecular flexibility index (Phi) is 4.35. The second kappa shape index (κ2) is 5.99. The van der Waals surface area contributed by atoms with Gasteiger partial charge in [0.1, 0.15) is 4.99 Å². The minimum atomic E-state index is 0.371. The standard InChI is InChI=1S/C14H14ClN3S/c1-18(9-10-3-2-4-11(15)7-10)13-8-17-6-5-12(13)14(16)19/h2-8H,9H2,1H3,(H2,16,19). The summed E-state index contributed by atoms with van der Waals surface area (Å²) >= 11 is 11.0. The highest BCUT2D eigenvalue weighted by atomic mass is 35.5. The van der Waals surface area contributed by atoms with Crippen molar-refractivity contribution < 1.29 is 0 Å². The van der Waals surface area contributed by atoms with Crippen LogP contribution in [0.3, 0.4) is 0 Å². The number of nitrogens with two attached hydrogens (primary N) is 1. The monoisotopic (exact) mass is 291 g/mol. The number of aromatic nitrogens is 1. The van der Waals surface area contributed by atoms with Crippen LogP contribution in [0, 0.1) is 0 Å². The Hall–Kier alpha value is -1.65. The number of thiocarbonyl (C=S) groups is 1. The Morgan fingerprint density at radius 3 is 2.89 bits per heavy atom. The van der Waals surface area contributed by atoms with Gasteiger partial charge in [0, 0.05) is 30.4 Å². The third kappa shape index (κ3) is 3.43. The first-order valence-corrected chi connectivity index (χ1v) is 6.56. The molecule has 0 saturated carbocycles. The van der Waals surface area contributed by atoms with Gasteiger partial charge in [-0.05, 0) is 23.8 Å². The van der Waals surface area contributed by atoms with Gasteiger partial charge < -0.3 is 10.6 Å². The Labute approximate surface area is 123 Å². The number of nitrogens with zero attached hydrogens (tertiary/aromatic N) is 2. The first-order chi connectivity index (χ1) is 9.08. The summed E-state index contributed by atoms with van der Waals surface area (Å²) in [5, 5.41) is 0.728. The van der Waals surface area contributed by atoms with Crippen molar-refractivity contribution in [3.63, 3.8) is 0 Å². The lowest BCUT2D eigenvalue weighted by molar-refractivity contribution is 0.916. The number of anilines is 1. The van der Waals surface area contributed by atoms with Gasteiger partial charge in [-0.25, -0.2) is 0 Å². The third-order valence-electron chi connectivity index (χ3n) is 2.79. The van der Waals surface area contributed by atoms with Gasteiger partial charge in [-0.1, -0.05) is 36.0 Å². The van der Waals surface area contributed by atoms with Crippen molar-refractivity contribution in [2.45, 2.75) is 6.54 Å². The lowest BCUT2D eigenvalue weighted by Gasteiger charge is -2.21. The van der Waals surface area contributed by atoms with Gasteiger partial charge >= 0.3 is 0 Å². The summed E-state index contributed by atoms with van der Waals surface area (Å²) in [6.45, 7) is 0.710.